The Morgan fingerprint density at radius 3 is 2.91 bits per heavy atom. The molecule has 1 aromatic rings. The molecule has 0 amide bonds. The van der Waals surface area contributed by atoms with Crippen LogP contribution in [0.2, 0.25) is 5.82 Å². The molecule has 0 saturated heterocycles. The summed E-state index contributed by atoms with van der Waals surface area (Å²) >= 11 is 0. The van der Waals surface area contributed by atoms with Crippen molar-refractivity contribution in [1.82, 2.24) is 0 Å². The molecule has 6 nitrogen and oxygen atoms in total. The zero-order chi connectivity index (χ0) is 16.1. The van der Waals surface area contributed by atoms with Crippen molar-refractivity contribution in [2.24, 2.45) is 0 Å². The van der Waals surface area contributed by atoms with E-state index in [0.717, 1.165) is 0 Å². The van der Waals surface area contributed by atoms with Crippen molar-refractivity contribution in [2.75, 3.05) is 0 Å². The largest absolute Gasteiger partial charge is 0.535 e. The molecule has 0 saturated carbocycles. The number of aromatic carboxylic acids is 1. The molecule has 1 aliphatic heterocycles. The van der Waals surface area contributed by atoms with Crippen LogP contribution in [0.4, 0.5) is 0 Å². The van der Waals surface area contributed by atoms with Crippen LogP contribution < -0.4 is 4.65 Å². The Hall–Kier alpha value is -2.33. The van der Waals surface area contributed by atoms with E-state index >= 15 is 0 Å². The Labute approximate surface area is 128 Å². The van der Waals surface area contributed by atoms with Crippen molar-refractivity contribution in [2.45, 2.75) is 37.9 Å². The summed E-state index contributed by atoms with van der Waals surface area (Å²) in [5.41, 5.74) is 0.690. The van der Waals surface area contributed by atoms with Crippen LogP contribution in [0.1, 0.15) is 41.6 Å². The van der Waals surface area contributed by atoms with Gasteiger partial charge in [-0.15, -0.1) is 0 Å². The van der Waals surface area contributed by atoms with E-state index in [1.165, 1.54) is 6.07 Å². The van der Waals surface area contributed by atoms with E-state index in [4.69, 9.17) is 15.0 Å². The summed E-state index contributed by atoms with van der Waals surface area (Å²) in [6.07, 6.45) is 1.70. The van der Waals surface area contributed by atoms with E-state index in [1.54, 1.807) is 12.1 Å². The number of rotatable bonds is 6. The lowest BCUT2D eigenvalue weighted by Crippen LogP contribution is -2.35. The molecular formula is C15H16BNO5. The van der Waals surface area contributed by atoms with E-state index in [2.05, 4.69) is 0 Å². The van der Waals surface area contributed by atoms with Crippen molar-refractivity contribution >= 4 is 18.9 Å². The number of benzene rings is 1. The second-order valence-electron chi connectivity index (χ2n) is 5.33. The van der Waals surface area contributed by atoms with E-state index in [0.29, 0.717) is 31.2 Å². The maximum atomic E-state index is 11.8. The van der Waals surface area contributed by atoms with Gasteiger partial charge in [0.25, 0.3) is 0 Å². The fourth-order valence-electron chi connectivity index (χ4n) is 2.59. The first-order valence-electron chi connectivity index (χ1n) is 7.11. The third-order valence-electron chi connectivity index (χ3n) is 3.69. The molecule has 1 aromatic carbocycles. The minimum absolute atomic E-state index is 0.00958. The number of ketones is 1. The highest BCUT2D eigenvalue weighted by Crippen LogP contribution is 2.36. The van der Waals surface area contributed by atoms with Gasteiger partial charge in [0.2, 0.25) is 0 Å². The standard InChI is InChI=1S/C15H16BNO5/c17-7-2-1-5-12(18)9-11-8-10-4-3-6-13(15(19)20)14(10)22-16(11)21/h3-4,6,11,21H,1-2,5,8-9H2,(H,19,20)/t11-/m1/s1. The van der Waals surface area contributed by atoms with E-state index in [1.807, 2.05) is 6.07 Å². The number of para-hydroxylation sites is 1. The predicted octanol–water partition coefficient (Wildman–Crippen LogP) is 1.82. The predicted molar refractivity (Wildman–Crippen MR) is 78.5 cm³/mol. The highest BCUT2D eigenvalue weighted by Gasteiger charge is 2.37. The van der Waals surface area contributed by atoms with Gasteiger partial charge in [-0.25, -0.2) is 4.79 Å². The van der Waals surface area contributed by atoms with Crippen molar-refractivity contribution in [3.63, 3.8) is 0 Å². The van der Waals surface area contributed by atoms with Crippen molar-refractivity contribution in [3.05, 3.63) is 29.3 Å². The fraction of sp³-hybridized carbons (Fsp3) is 0.400. The Morgan fingerprint density at radius 1 is 1.45 bits per heavy atom. The van der Waals surface area contributed by atoms with Crippen LogP contribution in [-0.2, 0) is 11.2 Å². The molecule has 114 valence electrons. The smallest absolute Gasteiger partial charge is 0.526 e. The number of carboxylic acids is 1. The lowest BCUT2D eigenvalue weighted by molar-refractivity contribution is -0.119. The number of Topliss-reactive ketones (excluding diaryl/α,β-unsaturated/α-hetero) is 1. The van der Waals surface area contributed by atoms with Gasteiger partial charge in [-0.05, 0) is 24.5 Å². The minimum Gasteiger partial charge on any atom is -0.535 e. The van der Waals surface area contributed by atoms with Gasteiger partial charge in [-0.1, -0.05) is 12.1 Å². The molecule has 0 fully saturated rings. The number of carbonyl (C=O) groups excluding carboxylic acids is 1. The Balaban J connectivity index is 2.06. The lowest BCUT2D eigenvalue weighted by atomic mass is 9.64. The molecule has 0 spiro atoms. The van der Waals surface area contributed by atoms with Crippen LogP contribution in [-0.4, -0.2) is 29.0 Å². The number of nitriles is 1. The maximum absolute atomic E-state index is 11.8. The number of fused-ring (bicyclic) bond motifs is 1. The Kier molecular flexibility index (Phi) is 5.18. The van der Waals surface area contributed by atoms with Gasteiger partial charge in [0.1, 0.15) is 11.5 Å². The zero-order valence-electron chi connectivity index (χ0n) is 12.0. The molecule has 7 heteroatoms. The zero-order valence-corrected chi connectivity index (χ0v) is 12.0. The molecule has 0 aliphatic carbocycles. The van der Waals surface area contributed by atoms with Gasteiger partial charge in [0.05, 0.1) is 11.6 Å². The first-order chi connectivity index (χ1) is 10.5. The van der Waals surface area contributed by atoms with Crippen LogP contribution in [0.5, 0.6) is 5.75 Å². The van der Waals surface area contributed by atoms with Gasteiger partial charge < -0.3 is 14.8 Å². The van der Waals surface area contributed by atoms with Crippen LogP contribution >= 0.6 is 0 Å². The number of carbonyl (C=O) groups is 2. The quantitative estimate of drug-likeness (QED) is 0.613. The maximum Gasteiger partial charge on any atom is 0.526 e. The molecule has 2 N–H and O–H groups in total. The van der Waals surface area contributed by atoms with Crippen molar-refractivity contribution in [1.29, 1.82) is 5.26 Å². The third kappa shape index (κ3) is 3.65. The van der Waals surface area contributed by atoms with E-state index in [-0.39, 0.29) is 23.5 Å². The van der Waals surface area contributed by atoms with Crippen LogP contribution in [0.15, 0.2) is 18.2 Å². The number of carboxylic acid groups (broad SMARTS) is 1. The van der Waals surface area contributed by atoms with Crippen LogP contribution in [0.25, 0.3) is 0 Å². The number of hydrogen-bond acceptors (Lipinski definition) is 5. The Morgan fingerprint density at radius 2 is 2.23 bits per heavy atom. The molecule has 1 atom stereocenters. The van der Waals surface area contributed by atoms with E-state index < -0.39 is 18.9 Å². The molecule has 1 aliphatic rings. The molecule has 1 heterocycles. The topological polar surface area (TPSA) is 108 Å². The van der Waals surface area contributed by atoms with Crippen molar-refractivity contribution in [3.8, 4) is 11.8 Å². The average molecular weight is 301 g/mol. The number of hydrogen-bond donors (Lipinski definition) is 2. The molecule has 22 heavy (non-hydrogen) atoms. The first kappa shape index (κ1) is 16.1. The minimum atomic E-state index is -1.20. The normalized spacial score (nSPS) is 16.4. The SMILES string of the molecule is N#CCCCC(=O)C[C@H]1Cc2cccc(C(=O)O)c2OB1O. The second kappa shape index (κ2) is 7.10. The number of unbranched alkanes of at least 4 members (excludes halogenated alkanes) is 1. The van der Waals surface area contributed by atoms with E-state index in [9.17, 15) is 14.6 Å². The summed E-state index contributed by atoms with van der Waals surface area (Å²) in [5, 5.41) is 27.6. The first-order valence-corrected chi connectivity index (χ1v) is 7.11. The molecule has 0 unspecified atom stereocenters. The third-order valence-corrected chi connectivity index (χ3v) is 3.69. The molecule has 2 rings (SSSR count). The molecule has 0 radical (unpaired) electrons. The summed E-state index contributed by atoms with van der Waals surface area (Å²) < 4.78 is 5.33. The summed E-state index contributed by atoms with van der Waals surface area (Å²) in [6, 6.07) is 6.76. The lowest BCUT2D eigenvalue weighted by Gasteiger charge is -2.28. The number of nitrogens with zero attached hydrogens (tertiary/aromatic N) is 1. The highest BCUT2D eigenvalue weighted by molar-refractivity contribution is 6.47. The van der Waals surface area contributed by atoms with Gasteiger partial charge in [-0.3, -0.25) is 4.79 Å². The summed E-state index contributed by atoms with van der Waals surface area (Å²) in [5.74, 6) is -1.36. The summed E-state index contributed by atoms with van der Waals surface area (Å²) in [6.45, 7) is 0. The monoisotopic (exact) mass is 301 g/mol. The van der Waals surface area contributed by atoms with Crippen LogP contribution in [0.3, 0.4) is 0 Å². The summed E-state index contributed by atoms with van der Waals surface area (Å²) in [7, 11) is -1.20. The fourth-order valence-corrected chi connectivity index (χ4v) is 2.59. The molecular weight excluding hydrogens is 285 g/mol. The molecule has 0 aromatic heterocycles. The second-order valence-corrected chi connectivity index (χ2v) is 5.33. The molecule has 0 bridgehead atoms. The van der Waals surface area contributed by atoms with Gasteiger partial charge in [-0.2, -0.15) is 5.26 Å². The van der Waals surface area contributed by atoms with Gasteiger partial charge in [0, 0.05) is 25.1 Å². The summed E-state index contributed by atoms with van der Waals surface area (Å²) in [4.78, 5) is 23.0. The Bertz CT molecular complexity index is 625. The van der Waals surface area contributed by atoms with Crippen LogP contribution in [0, 0.1) is 11.3 Å². The van der Waals surface area contributed by atoms with Gasteiger partial charge in [0.15, 0.2) is 0 Å². The van der Waals surface area contributed by atoms with Crippen molar-refractivity contribution < 1.29 is 24.4 Å². The highest BCUT2D eigenvalue weighted by atomic mass is 16.5. The van der Waals surface area contributed by atoms with Gasteiger partial charge >= 0.3 is 13.1 Å². The average Bonchev–Trinajstić information content (AvgIpc) is 2.47.